The molecule has 0 radical (unpaired) electrons. The predicted octanol–water partition coefficient (Wildman–Crippen LogP) is 2.32. The number of nitrogen functional groups attached to an aromatic ring is 1. The zero-order valence-electron chi connectivity index (χ0n) is 8.43. The Bertz CT molecular complexity index is 437. The molecule has 4 N–H and O–H groups in total. The largest absolute Gasteiger partial charge is 0.398 e. The lowest BCUT2D eigenvalue weighted by atomic mass is 9.98. The number of benzene rings is 2. The molecule has 76 valence electrons. The van der Waals surface area contributed by atoms with E-state index in [0.29, 0.717) is 0 Å². The molecule has 0 heterocycles. The van der Waals surface area contributed by atoms with Crippen molar-refractivity contribution in [1.82, 2.24) is 0 Å². The van der Waals surface area contributed by atoms with E-state index >= 15 is 0 Å². The maximum absolute atomic E-state index is 6.14. The van der Waals surface area contributed by atoms with Crippen LogP contribution in [-0.2, 0) is 0 Å². The Hall–Kier alpha value is -1.80. The molecule has 0 saturated carbocycles. The van der Waals surface area contributed by atoms with Gasteiger partial charge in [0.2, 0.25) is 0 Å². The van der Waals surface area contributed by atoms with Gasteiger partial charge in [-0.2, -0.15) is 0 Å². The Kier molecular flexibility index (Phi) is 2.70. The molecule has 0 aliphatic heterocycles. The fourth-order valence-electron chi connectivity index (χ4n) is 1.63. The summed E-state index contributed by atoms with van der Waals surface area (Å²) in [6, 6.07) is 17.5. The smallest absolute Gasteiger partial charge is 0.0572 e. The first kappa shape index (κ1) is 9.74. The van der Waals surface area contributed by atoms with Gasteiger partial charge in [0.05, 0.1) is 6.04 Å². The van der Waals surface area contributed by atoms with Gasteiger partial charge in [0.1, 0.15) is 0 Å². The summed E-state index contributed by atoms with van der Waals surface area (Å²) in [4.78, 5) is 0. The quantitative estimate of drug-likeness (QED) is 0.727. The molecule has 0 fully saturated rings. The van der Waals surface area contributed by atoms with Crippen molar-refractivity contribution in [3.05, 3.63) is 65.7 Å². The van der Waals surface area contributed by atoms with Crippen LogP contribution in [0.15, 0.2) is 54.6 Å². The van der Waals surface area contributed by atoms with E-state index in [-0.39, 0.29) is 6.04 Å². The van der Waals surface area contributed by atoms with E-state index in [0.717, 1.165) is 16.8 Å². The molecular weight excluding hydrogens is 184 g/mol. The average Bonchev–Trinajstić information content (AvgIpc) is 2.30. The summed E-state index contributed by atoms with van der Waals surface area (Å²) >= 11 is 0. The lowest BCUT2D eigenvalue weighted by Gasteiger charge is -2.14. The standard InChI is InChI=1S/C13H14N2/c14-12-9-5-4-8-11(12)13(15)10-6-2-1-3-7-10/h1-9,13H,14-15H2/t13-/m0/s1. The van der Waals surface area contributed by atoms with Gasteiger partial charge in [-0.05, 0) is 17.2 Å². The first-order chi connectivity index (χ1) is 7.29. The van der Waals surface area contributed by atoms with Gasteiger partial charge in [0.15, 0.2) is 0 Å². The van der Waals surface area contributed by atoms with E-state index < -0.39 is 0 Å². The molecule has 0 bridgehead atoms. The van der Waals surface area contributed by atoms with Crippen molar-refractivity contribution in [1.29, 1.82) is 0 Å². The molecule has 15 heavy (non-hydrogen) atoms. The third kappa shape index (κ3) is 2.00. The molecule has 0 unspecified atom stereocenters. The first-order valence-corrected chi connectivity index (χ1v) is 4.94. The molecule has 0 aromatic heterocycles. The molecule has 1 atom stereocenters. The van der Waals surface area contributed by atoms with Gasteiger partial charge < -0.3 is 11.5 Å². The van der Waals surface area contributed by atoms with Crippen LogP contribution in [0, 0.1) is 0 Å². The Morgan fingerprint density at radius 2 is 1.40 bits per heavy atom. The Morgan fingerprint density at radius 1 is 0.800 bits per heavy atom. The van der Waals surface area contributed by atoms with Crippen molar-refractivity contribution in [3.63, 3.8) is 0 Å². The van der Waals surface area contributed by atoms with Crippen LogP contribution in [0.4, 0.5) is 5.69 Å². The molecular formula is C13H14N2. The number of hydrogen-bond donors (Lipinski definition) is 2. The summed E-state index contributed by atoms with van der Waals surface area (Å²) in [5.41, 5.74) is 14.8. The highest BCUT2D eigenvalue weighted by Crippen LogP contribution is 2.23. The minimum atomic E-state index is -0.146. The summed E-state index contributed by atoms with van der Waals surface area (Å²) in [5, 5.41) is 0. The van der Waals surface area contributed by atoms with Crippen molar-refractivity contribution >= 4 is 5.69 Å². The Balaban J connectivity index is 2.37. The van der Waals surface area contributed by atoms with E-state index in [1.807, 2.05) is 54.6 Å². The first-order valence-electron chi connectivity index (χ1n) is 4.94. The lowest BCUT2D eigenvalue weighted by Crippen LogP contribution is -2.13. The van der Waals surface area contributed by atoms with E-state index in [2.05, 4.69) is 0 Å². The predicted molar refractivity (Wildman–Crippen MR) is 63.3 cm³/mol. The fraction of sp³-hybridized carbons (Fsp3) is 0.0769. The average molecular weight is 198 g/mol. The monoisotopic (exact) mass is 198 g/mol. The zero-order chi connectivity index (χ0) is 10.7. The molecule has 0 aliphatic rings. The van der Waals surface area contributed by atoms with Gasteiger partial charge in [0, 0.05) is 5.69 Å². The maximum atomic E-state index is 6.14. The highest BCUT2D eigenvalue weighted by molar-refractivity contribution is 5.50. The highest BCUT2D eigenvalue weighted by atomic mass is 14.7. The maximum Gasteiger partial charge on any atom is 0.0572 e. The SMILES string of the molecule is Nc1ccccc1[C@@H](N)c1ccccc1. The van der Waals surface area contributed by atoms with Gasteiger partial charge >= 0.3 is 0 Å². The summed E-state index contributed by atoms with van der Waals surface area (Å²) in [6.45, 7) is 0. The number of hydrogen-bond acceptors (Lipinski definition) is 2. The van der Waals surface area contributed by atoms with Gasteiger partial charge in [-0.3, -0.25) is 0 Å². The van der Waals surface area contributed by atoms with Gasteiger partial charge in [-0.1, -0.05) is 48.5 Å². The van der Waals surface area contributed by atoms with Crippen molar-refractivity contribution in [2.24, 2.45) is 5.73 Å². The van der Waals surface area contributed by atoms with Crippen molar-refractivity contribution in [2.45, 2.75) is 6.04 Å². The summed E-state index contributed by atoms with van der Waals surface area (Å²) < 4.78 is 0. The second-order valence-corrected chi connectivity index (χ2v) is 3.52. The molecule has 2 nitrogen and oxygen atoms in total. The molecule has 0 amide bonds. The van der Waals surface area contributed by atoms with Crippen molar-refractivity contribution in [3.8, 4) is 0 Å². The molecule has 2 aromatic rings. The number of para-hydroxylation sites is 1. The zero-order valence-corrected chi connectivity index (χ0v) is 8.43. The van der Waals surface area contributed by atoms with Crippen LogP contribution in [0.25, 0.3) is 0 Å². The number of nitrogens with two attached hydrogens (primary N) is 2. The molecule has 0 spiro atoms. The topological polar surface area (TPSA) is 52.0 Å². The third-order valence-electron chi connectivity index (χ3n) is 2.49. The van der Waals surface area contributed by atoms with E-state index in [1.165, 1.54) is 0 Å². The van der Waals surface area contributed by atoms with Crippen LogP contribution in [0.3, 0.4) is 0 Å². The van der Waals surface area contributed by atoms with Crippen LogP contribution < -0.4 is 11.5 Å². The molecule has 2 heteroatoms. The van der Waals surface area contributed by atoms with E-state index in [4.69, 9.17) is 11.5 Å². The summed E-state index contributed by atoms with van der Waals surface area (Å²) in [5.74, 6) is 0. The third-order valence-corrected chi connectivity index (χ3v) is 2.49. The normalized spacial score (nSPS) is 12.3. The van der Waals surface area contributed by atoms with Crippen molar-refractivity contribution < 1.29 is 0 Å². The molecule has 2 aromatic carbocycles. The van der Waals surface area contributed by atoms with Crippen LogP contribution in [0.2, 0.25) is 0 Å². The highest BCUT2D eigenvalue weighted by Gasteiger charge is 2.10. The summed E-state index contributed by atoms with van der Waals surface area (Å²) in [6.07, 6.45) is 0. The molecule has 2 rings (SSSR count). The van der Waals surface area contributed by atoms with Crippen LogP contribution in [-0.4, -0.2) is 0 Å². The van der Waals surface area contributed by atoms with E-state index in [9.17, 15) is 0 Å². The fourth-order valence-corrected chi connectivity index (χ4v) is 1.63. The van der Waals surface area contributed by atoms with Gasteiger partial charge in [0.25, 0.3) is 0 Å². The second-order valence-electron chi connectivity index (χ2n) is 3.52. The molecule has 0 saturated heterocycles. The van der Waals surface area contributed by atoms with Crippen LogP contribution in [0.5, 0.6) is 0 Å². The van der Waals surface area contributed by atoms with Crippen LogP contribution >= 0.6 is 0 Å². The summed E-state index contributed by atoms with van der Waals surface area (Å²) in [7, 11) is 0. The Morgan fingerprint density at radius 3 is 2.07 bits per heavy atom. The van der Waals surface area contributed by atoms with Gasteiger partial charge in [-0.15, -0.1) is 0 Å². The number of rotatable bonds is 2. The minimum Gasteiger partial charge on any atom is -0.398 e. The van der Waals surface area contributed by atoms with Crippen LogP contribution in [0.1, 0.15) is 17.2 Å². The van der Waals surface area contributed by atoms with Crippen molar-refractivity contribution in [2.75, 3.05) is 5.73 Å². The Labute approximate surface area is 89.5 Å². The minimum absolute atomic E-state index is 0.146. The molecule has 0 aliphatic carbocycles. The van der Waals surface area contributed by atoms with E-state index in [1.54, 1.807) is 0 Å². The number of anilines is 1. The van der Waals surface area contributed by atoms with Gasteiger partial charge in [-0.25, -0.2) is 0 Å². The second kappa shape index (κ2) is 4.15. The lowest BCUT2D eigenvalue weighted by molar-refractivity contribution is 0.875.